The highest BCUT2D eigenvalue weighted by Crippen LogP contribution is 2.22. The van der Waals surface area contributed by atoms with Crippen molar-refractivity contribution in [1.82, 2.24) is 10.5 Å². The van der Waals surface area contributed by atoms with Crippen molar-refractivity contribution in [2.45, 2.75) is 18.9 Å². The number of nitrogens with one attached hydrogen (secondary N) is 1. The molecule has 0 bridgehead atoms. The van der Waals surface area contributed by atoms with Crippen molar-refractivity contribution in [3.8, 4) is 0 Å². The average Bonchev–Trinajstić information content (AvgIpc) is 2.75. The fraction of sp³-hybridized carbons (Fsp3) is 0.500. The summed E-state index contributed by atoms with van der Waals surface area (Å²) in [5.74, 6) is -1.17. The van der Waals surface area contributed by atoms with Gasteiger partial charge in [-0.1, -0.05) is 5.16 Å². The summed E-state index contributed by atoms with van der Waals surface area (Å²) in [4.78, 5) is 10.5. The van der Waals surface area contributed by atoms with Crippen molar-refractivity contribution >= 4 is 5.97 Å². The van der Waals surface area contributed by atoms with E-state index in [1.54, 1.807) is 0 Å². The van der Waals surface area contributed by atoms with Gasteiger partial charge in [-0.2, -0.15) is 0 Å². The fourth-order valence-corrected chi connectivity index (χ4v) is 1.49. The van der Waals surface area contributed by atoms with Crippen LogP contribution in [0.3, 0.4) is 0 Å². The Balaban J connectivity index is 2.16. The zero-order valence-corrected chi connectivity index (χ0v) is 6.99. The van der Waals surface area contributed by atoms with Gasteiger partial charge >= 0.3 is 5.97 Å². The third-order valence-corrected chi connectivity index (χ3v) is 2.16. The molecule has 1 aliphatic rings. The van der Waals surface area contributed by atoms with E-state index in [1.165, 1.54) is 6.07 Å². The first-order chi connectivity index (χ1) is 6.27. The highest BCUT2D eigenvalue weighted by atomic mass is 16.5. The summed E-state index contributed by atoms with van der Waals surface area (Å²) in [5, 5.41) is 15.5. The van der Waals surface area contributed by atoms with Gasteiger partial charge in [0.05, 0.1) is 6.04 Å². The van der Waals surface area contributed by atoms with Gasteiger partial charge in [0.15, 0.2) is 0 Å². The molecule has 1 atom stereocenters. The molecule has 2 N–H and O–H groups in total. The average molecular weight is 182 g/mol. The van der Waals surface area contributed by atoms with Gasteiger partial charge in [0, 0.05) is 6.07 Å². The minimum absolute atomic E-state index is 0.0938. The lowest BCUT2D eigenvalue weighted by Gasteiger charge is -2.02. The molecule has 0 aromatic carbocycles. The van der Waals surface area contributed by atoms with E-state index in [9.17, 15) is 4.79 Å². The SMILES string of the molecule is O=C(O)c1cc([C@@H]2CCCN2)no1. The van der Waals surface area contributed by atoms with E-state index in [2.05, 4.69) is 15.0 Å². The minimum atomic E-state index is -1.07. The van der Waals surface area contributed by atoms with Crippen LogP contribution in [0.4, 0.5) is 0 Å². The third-order valence-electron chi connectivity index (χ3n) is 2.16. The Kier molecular flexibility index (Phi) is 2.02. The lowest BCUT2D eigenvalue weighted by Crippen LogP contribution is -2.12. The first-order valence-electron chi connectivity index (χ1n) is 4.20. The highest BCUT2D eigenvalue weighted by Gasteiger charge is 2.21. The van der Waals surface area contributed by atoms with Crippen LogP contribution in [0, 0.1) is 0 Å². The summed E-state index contributed by atoms with van der Waals surface area (Å²) in [6.45, 7) is 0.958. The van der Waals surface area contributed by atoms with Crippen molar-refractivity contribution in [1.29, 1.82) is 0 Å². The van der Waals surface area contributed by atoms with Gasteiger partial charge in [0.25, 0.3) is 0 Å². The maximum absolute atomic E-state index is 10.5. The number of aromatic carboxylic acids is 1. The topological polar surface area (TPSA) is 75.4 Å². The number of carboxylic acid groups (broad SMARTS) is 1. The highest BCUT2D eigenvalue weighted by molar-refractivity contribution is 5.84. The van der Waals surface area contributed by atoms with Crippen LogP contribution >= 0.6 is 0 Å². The molecule has 1 fully saturated rings. The molecule has 5 heteroatoms. The van der Waals surface area contributed by atoms with E-state index in [0.29, 0.717) is 5.69 Å². The van der Waals surface area contributed by atoms with Gasteiger partial charge in [-0.3, -0.25) is 0 Å². The van der Waals surface area contributed by atoms with Crippen LogP contribution in [0.5, 0.6) is 0 Å². The van der Waals surface area contributed by atoms with Crippen molar-refractivity contribution < 1.29 is 14.4 Å². The zero-order chi connectivity index (χ0) is 9.26. The molecular weight excluding hydrogens is 172 g/mol. The molecule has 5 nitrogen and oxygen atoms in total. The Bertz CT molecular complexity index is 315. The summed E-state index contributed by atoms with van der Waals surface area (Å²) >= 11 is 0. The van der Waals surface area contributed by atoms with Crippen molar-refractivity contribution in [2.75, 3.05) is 6.54 Å². The number of aromatic nitrogens is 1. The molecule has 13 heavy (non-hydrogen) atoms. The molecule has 1 saturated heterocycles. The molecule has 0 unspecified atom stereocenters. The van der Waals surface area contributed by atoms with E-state index >= 15 is 0 Å². The second kappa shape index (κ2) is 3.18. The number of hydrogen-bond acceptors (Lipinski definition) is 4. The number of carbonyl (C=O) groups is 1. The van der Waals surface area contributed by atoms with E-state index in [4.69, 9.17) is 5.11 Å². The predicted octanol–water partition coefficient (Wildman–Crippen LogP) is 0.797. The summed E-state index contributed by atoms with van der Waals surface area (Å²) in [5.41, 5.74) is 0.690. The normalized spacial score (nSPS) is 22.0. The zero-order valence-electron chi connectivity index (χ0n) is 6.99. The second-order valence-electron chi connectivity index (χ2n) is 3.07. The Morgan fingerprint density at radius 1 is 1.77 bits per heavy atom. The maximum Gasteiger partial charge on any atom is 0.374 e. The van der Waals surface area contributed by atoms with E-state index in [0.717, 1.165) is 19.4 Å². The number of carboxylic acids is 1. The van der Waals surface area contributed by atoms with Gasteiger partial charge in [-0.25, -0.2) is 4.79 Å². The summed E-state index contributed by atoms with van der Waals surface area (Å²) in [7, 11) is 0. The van der Waals surface area contributed by atoms with Crippen LogP contribution in [0.25, 0.3) is 0 Å². The van der Waals surface area contributed by atoms with Crippen LogP contribution in [0.15, 0.2) is 10.6 Å². The van der Waals surface area contributed by atoms with Gasteiger partial charge in [0.1, 0.15) is 5.69 Å². The maximum atomic E-state index is 10.5. The molecule has 0 radical (unpaired) electrons. The van der Waals surface area contributed by atoms with Gasteiger partial charge < -0.3 is 14.9 Å². The van der Waals surface area contributed by atoms with Crippen LogP contribution in [0.2, 0.25) is 0 Å². The summed E-state index contributed by atoms with van der Waals surface area (Å²) < 4.78 is 4.65. The molecule has 1 aliphatic heterocycles. The molecule has 2 rings (SSSR count). The molecule has 0 spiro atoms. The van der Waals surface area contributed by atoms with Crippen LogP contribution in [-0.4, -0.2) is 22.8 Å². The molecule has 0 aliphatic carbocycles. The number of nitrogens with zero attached hydrogens (tertiary/aromatic N) is 1. The van der Waals surface area contributed by atoms with Crippen LogP contribution < -0.4 is 5.32 Å². The molecule has 0 saturated carbocycles. The summed E-state index contributed by atoms with van der Waals surface area (Å²) in [6, 6.07) is 1.64. The fourth-order valence-electron chi connectivity index (χ4n) is 1.49. The van der Waals surface area contributed by atoms with Crippen molar-refractivity contribution in [2.24, 2.45) is 0 Å². The quantitative estimate of drug-likeness (QED) is 0.707. The number of rotatable bonds is 2. The first-order valence-corrected chi connectivity index (χ1v) is 4.20. The van der Waals surface area contributed by atoms with Crippen molar-refractivity contribution in [3.63, 3.8) is 0 Å². The van der Waals surface area contributed by atoms with Crippen LogP contribution in [-0.2, 0) is 0 Å². The Morgan fingerprint density at radius 2 is 2.62 bits per heavy atom. The molecule has 1 aromatic heterocycles. The minimum Gasteiger partial charge on any atom is -0.475 e. The lowest BCUT2D eigenvalue weighted by molar-refractivity contribution is 0.0652. The Hall–Kier alpha value is -1.36. The second-order valence-corrected chi connectivity index (χ2v) is 3.07. The third kappa shape index (κ3) is 1.55. The lowest BCUT2D eigenvalue weighted by atomic mass is 10.1. The van der Waals surface area contributed by atoms with E-state index in [-0.39, 0.29) is 11.8 Å². The molecule has 1 aromatic rings. The van der Waals surface area contributed by atoms with E-state index in [1.807, 2.05) is 0 Å². The van der Waals surface area contributed by atoms with Crippen LogP contribution in [0.1, 0.15) is 35.1 Å². The van der Waals surface area contributed by atoms with Gasteiger partial charge in [-0.15, -0.1) is 0 Å². The molecule has 0 amide bonds. The summed E-state index contributed by atoms with van der Waals surface area (Å²) in [6.07, 6.45) is 2.09. The Labute approximate surface area is 74.7 Å². The number of hydrogen-bond donors (Lipinski definition) is 2. The smallest absolute Gasteiger partial charge is 0.374 e. The monoisotopic (exact) mass is 182 g/mol. The van der Waals surface area contributed by atoms with Crippen molar-refractivity contribution in [3.05, 3.63) is 17.5 Å². The molecular formula is C8H10N2O3. The molecule has 70 valence electrons. The molecule has 2 heterocycles. The van der Waals surface area contributed by atoms with E-state index < -0.39 is 5.97 Å². The largest absolute Gasteiger partial charge is 0.475 e. The Morgan fingerprint density at radius 3 is 3.15 bits per heavy atom. The first kappa shape index (κ1) is 8.25. The standard InChI is InChI=1S/C8H10N2O3/c11-8(12)7-4-6(10-13-7)5-2-1-3-9-5/h4-5,9H,1-3H2,(H,11,12)/t5-/m0/s1. The van der Waals surface area contributed by atoms with Gasteiger partial charge in [0.2, 0.25) is 5.76 Å². The predicted molar refractivity (Wildman–Crippen MR) is 43.4 cm³/mol. The van der Waals surface area contributed by atoms with Gasteiger partial charge in [-0.05, 0) is 19.4 Å².